The normalized spacial score (nSPS) is 24.5. The van der Waals surface area contributed by atoms with Crippen molar-refractivity contribution in [1.82, 2.24) is 9.62 Å². The highest BCUT2D eigenvalue weighted by atomic mass is 32.2. The Balaban J connectivity index is 1.80. The number of hydrogen-bond donors (Lipinski definition) is 2. The monoisotopic (exact) mass is 317 g/mol. The van der Waals surface area contributed by atoms with Crippen LogP contribution in [0.25, 0.3) is 0 Å². The zero-order valence-electron chi connectivity index (χ0n) is 12.9. The van der Waals surface area contributed by atoms with Gasteiger partial charge in [0.25, 0.3) is 0 Å². The molecule has 1 aliphatic heterocycles. The Bertz CT molecular complexity index is 468. The van der Waals surface area contributed by atoms with Gasteiger partial charge in [-0.2, -0.15) is 0 Å². The SMILES string of the molecule is CCC(C)C(N)C(=O)NC1CCN(S(=O)(=O)C2CC2)CC1. The van der Waals surface area contributed by atoms with Crippen LogP contribution >= 0.6 is 0 Å². The van der Waals surface area contributed by atoms with Crippen molar-refractivity contribution in [1.29, 1.82) is 0 Å². The summed E-state index contributed by atoms with van der Waals surface area (Å²) in [6.07, 6.45) is 3.80. The van der Waals surface area contributed by atoms with Crippen LogP contribution in [0.5, 0.6) is 0 Å². The number of carbonyl (C=O) groups is 1. The second kappa shape index (κ2) is 6.62. The number of carbonyl (C=O) groups excluding carboxylic acids is 1. The molecule has 21 heavy (non-hydrogen) atoms. The Morgan fingerprint density at radius 2 is 1.86 bits per heavy atom. The number of rotatable bonds is 6. The van der Waals surface area contributed by atoms with Gasteiger partial charge in [-0.25, -0.2) is 12.7 Å². The second-order valence-corrected chi connectivity index (χ2v) is 8.55. The number of nitrogens with one attached hydrogen (secondary N) is 1. The highest BCUT2D eigenvalue weighted by molar-refractivity contribution is 7.90. The molecule has 1 saturated heterocycles. The molecule has 0 bridgehead atoms. The summed E-state index contributed by atoms with van der Waals surface area (Å²) in [6, 6.07) is -0.443. The van der Waals surface area contributed by atoms with E-state index in [1.54, 1.807) is 4.31 Å². The second-order valence-electron chi connectivity index (χ2n) is 6.34. The van der Waals surface area contributed by atoms with Crippen LogP contribution < -0.4 is 11.1 Å². The molecule has 0 aromatic carbocycles. The zero-order valence-corrected chi connectivity index (χ0v) is 13.7. The van der Waals surface area contributed by atoms with E-state index in [-0.39, 0.29) is 23.1 Å². The van der Waals surface area contributed by atoms with E-state index in [0.717, 1.165) is 19.3 Å². The van der Waals surface area contributed by atoms with Crippen molar-refractivity contribution in [2.75, 3.05) is 13.1 Å². The minimum atomic E-state index is -3.08. The summed E-state index contributed by atoms with van der Waals surface area (Å²) in [4.78, 5) is 12.0. The Morgan fingerprint density at radius 1 is 1.29 bits per heavy atom. The third-order valence-electron chi connectivity index (χ3n) is 4.67. The van der Waals surface area contributed by atoms with Crippen LogP contribution in [-0.2, 0) is 14.8 Å². The number of nitrogens with two attached hydrogens (primary N) is 1. The first-order valence-electron chi connectivity index (χ1n) is 7.91. The Kier molecular flexibility index (Phi) is 5.27. The van der Waals surface area contributed by atoms with E-state index < -0.39 is 16.1 Å². The molecule has 0 radical (unpaired) electrons. The van der Waals surface area contributed by atoms with Crippen LogP contribution in [0.4, 0.5) is 0 Å². The Morgan fingerprint density at radius 3 is 2.33 bits per heavy atom. The first-order valence-corrected chi connectivity index (χ1v) is 9.41. The van der Waals surface area contributed by atoms with E-state index in [1.807, 2.05) is 13.8 Å². The molecule has 0 aromatic heterocycles. The summed E-state index contributed by atoms with van der Waals surface area (Å²) in [5, 5.41) is 2.81. The summed E-state index contributed by atoms with van der Waals surface area (Å²) in [7, 11) is -3.08. The summed E-state index contributed by atoms with van der Waals surface area (Å²) in [5.74, 6) is 0.0354. The van der Waals surface area contributed by atoms with Crippen molar-refractivity contribution >= 4 is 15.9 Å². The largest absolute Gasteiger partial charge is 0.352 e. The van der Waals surface area contributed by atoms with E-state index >= 15 is 0 Å². The lowest BCUT2D eigenvalue weighted by Gasteiger charge is -2.32. The van der Waals surface area contributed by atoms with E-state index in [2.05, 4.69) is 5.32 Å². The highest BCUT2D eigenvalue weighted by Gasteiger charge is 2.41. The average molecular weight is 317 g/mol. The van der Waals surface area contributed by atoms with Crippen molar-refractivity contribution in [3.05, 3.63) is 0 Å². The predicted molar refractivity (Wildman–Crippen MR) is 82.1 cm³/mol. The van der Waals surface area contributed by atoms with Crippen LogP contribution in [0.1, 0.15) is 46.0 Å². The van der Waals surface area contributed by atoms with Crippen molar-refractivity contribution in [3.8, 4) is 0 Å². The number of amides is 1. The molecule has 6 nitrogen and oxygen atoms in total. The van der Waals surface area contributed by atoms with E-state index in [4.69, 9.17) is 5.73 Å². The molecule has 1 aliphatic carbocycles. The van der Waals surface area contributed by atoms with E-state index in [1.165, 1.54) is 0 Å². The smallest absolute Gasteiger partial charge is 0.237 e. The Labute approximate surface area is 127 Å². The minimum absolute atomic E-state index is 0.0401. The average Bonchev–Trinajstić information content (AvgIpc) is 3.31. The molecule has 2 aliphatic rings. The molecule has 2 unspecified atom stereocenters. The third-order valence-corrected chi connectivity index (χ3v) is 7.06. The molecule has 2 atom stereocenters. The van der Waals surface area contributed by atoms with Crippen LogP contribution in [0.15, 0.2) is 0 Å². The van der Waals surface area contributed by atoms with Gasteiger partial charge in [0.05, 0.1) is 11.3 Å². The fourth-order valence-corrected chi connectivity index (χ4v) is 4.51. The van der Waals surface area contributed by atoms with Gasteiger partial charge in [-0.1, -0.05) is 20.3 Å². The summed E-state index contributed by atoms with van der Waals surface area (Å²) < 4.78 is 25.8. The molecule has 122 valence electrons. The van der Waals surface area contributed by atoms with E-state index in [9.17, 15) is 13.2 Å². The van der Waals surface area contributed by atoms with Crippen LogP contribution in [0.3, 0.4) is 0 Å². The van der Waals surface area contributed by atoms with Crippen LogP contribution in [0, 0.1) is 5.92 Å². The molecule has 7 heteroatoms. The number of sulfonamides is 1. The van der Waals surface area contributed by atoms with Gasteiger partial charge < -0.3 is 11.1 Å². The molecular weight excluding hydrogens is 290 g/mol. The molecule has 3 N–H and O–H groups in total. The molecular formula is C14H27N3O3S. The van der Waals surface area contributed by atoms with Gasteiger partial charge in [0.2, 0.25) is 15.9 Å². The molecule has 0 spiro atoms. The molecule has 2 fully saturated rings. The van der Waals surface area contributed by atoms with Crippen molar-refractivity contribution in [2.24, 2.45) is 11.7 Å². The third kappa shape index (κ3) is 3.96. The topological polar surface area (TPSA) is 92.5 Å². The van der Waals surface area contributed by atoms with Gasteiger partial charge in [0.1, 0.15) is 0 Å². The first-order chi connectivity index (χ1) is 9.86. The van der Waals surface area contributed by atoms with Gasteiger partial charge in [0, 0.05) is 19.1 Å². The fraction of sp³-hybridized carbons (Fsp3) is 0.929. The maximum atomic E-state index is 12.1. The number of hydrogen-bond acceptors (Lipinski definition) is 4. The standard InChI is InChI=1S/C14H27N3O3S/c1-3-10(2)13(15)14(18)16-11-6-8-17(9-7-11)21(19,20)12-4-5-12/h10-13H,3-9,15H2,1-2H3,(H,16,18). The van der Waals surface area contributed by atoms with Gasteiger partial charge in [-0.15, -0.1) is 0 Å². The fourth-order valence-electron chi connectivity index (χ4n) is 2.64. The summed E-state index contributed by atoms with van der Waals surface area (Å²) in [5.41, 5.74) is 5.91. The molecule has 2 rings (SSSR count). The number of piperidine rings is 1. The predicted octanol–water partition coefficient (Wildman–Crippen LogP) is 0.433. The maximum Gasteiger partial charge on any atom is 0.237 e. The van der Waals surface area contributed by atoms with Crippen molar-refractivity contribution in [3.63, 3.8) is 0 Å². The van der Waals surface area contributed by atoms with Crippen molar-refractivity contribution < 1.29 is 13.2 Å². The van der Waals surface area contributed by atoms with Gasteiger partial charge in [-0.05, 0) is 31.6 Å². The van der Waals surface area contributed by atoms with Gasteiger partial charge in [0.15, 0.2) is 0 Å². The van der Waals surface area contributed by atoms with E-state index in [0.29, 0.717) is 25.9 Å². The van der Waals surface area contributed by atoms with Gasteiger partial charge >= 0.3 is 0 Å². The van der Waals surface area contributed by atoms with Crippen molar-refractivity contribution in [2.45, 2.75) is 63.3 Å². The maximum absolute atomic E-state index is 12.1. The Hall–Kier alpha value is -0.660. The quantitative estimate of drug-likeness (QED) is 0.743. The van der Waals surface area contributed by atoms with Crippen LogP contribution in [0.2, 0.25) is 0 Å². The van der Waals surface area contributed by atoms with Gasteiger partial charge in [-0.3, -0.25) is 4.79 Å². The minimum Gasteiger partial charge on any atom is -0.352 e. The lowest BCUT2D eigenvalue weighted by molar-refractivity contribution is -0.124. The molecule has 0 aromatic rings. The van der Waals surface area contributed by atoms with Crippen LogP contribution in [-0.4, -0.2) is 49.1 Å². The summed E-state index contributed by atoms with van der Waals surface area (Å²) in [6.45, 7) is 4.98. The summed E-state index contributed by atoms with van der Waals surface area (Å²) >= 11 is 0. The lowest BCUT2D eigenvalue weighted by atomic mass is 9.98. The zero-order chi connectivity index (χ0) is 15.6. The lowest BCUT2D eigenvalue weighted by Crippen LogP contribution is -2.52. The molecule has 1 heterocycles. The number of nitrogens with zero attached hydrogens (tertiary/aromatic N) is 1. The molecule has 1 saturated carbocycles. The first kappa shape index (κ1) is 16.7. The molecule has 1 amide bonds. The highest BCUT2D eigenvalue weighted by Crippen LogP contribution is 2.32.